The van der Waals surface area contributed by atoms with Crippen molar-refractivity contribution in [3.05, 3.63) is 99.9 Å². The average molecular weight is 403 g/mol. The first-order valence-electron chi connectivity index (χ1n) is 8.89. The second kappa shape index (κ2) is 9.24. The van der Waals surface area contributed by atoms with Crippen LogP contribution in [0.25, 0.3) is 6.08 Å². The van der Waals surface area contributed by atoms with Gasteiger partial charge in [0.1, 0.15) is 17.2 Å². The molecule has 150 valence electrons. The third-order valence-electron chi connectivity index (χ3n) is 4.10. The molecule has 8 heteroatoms. The molecular formula is C22H17N3O5. The van der Waals surface area contributed by atoms with Crippen molar-refractivity contribution in [2.24, 2.45) is 0 Å². The molecule has 0 spiro atoms. The zero-order chi connectivity index (χ0) is 21.5. The number of nitro groups is 1. The number of nitro benzene ring substituents is 1. The molecule has 3 aromatic rings. The van der Waals surface area contributed by atoms with E-state index in [4.69, 9.17) is 4.74 Å². The molecule has 1 amide bonds. The summed E-state index contributed by atoms with van der Waals surface area (Å²) in [6.45, 7) is 0. The van der Waals surface area contributed by atoms with Crippen LogP contribution in [0.15, 0.2) is 72.9 Å². The Balaban J connectivity index is 1.65. The van der Waals surface area contributed by atoms with Gasteiger partial charge in [0.2, 0.25) is 0 Å². The Morgan fingerprint density at radius 1 is 1.03 bits per heavy atom. The minimum atomic E-state index is -0.515. The first-order chi connectivity index (χ1) is 14.5. The van der Waals surface area contributed by atoms with Crippen LogP contribution < -0.4 is 10.1 Å². The minimum Gasteiger partial charge on any atom is -0.457 e. The molecule has 0 aliphatic heterocycles. The molecule has 1 heterocycles. The van der Waals surface area contributed by atoms with Crippen molar-refractivity contribution < 1.29 is 19.2 Å². The molecule has 3 rings (SSSR count). The van der Waals surface area contributed by atoms with Crippen molar-refractivity contribution in [3.8, 4) is 11.5 Å². The van der Waals surface area contributed by atoms with Crippen LogP contribution in [0.4, 0.5) is 5.69 Å². The first-order valence-corrected chi connectivity index (χ1v) is 8.89. The summed E-state index contributed by atoms with van der Waals surface area (Å²) in [7, 11) is 1.52. The fraction of sp³-hybridized carbons (Fsp3) is 0.0455. The molecule has 0 radical (unpaired) electrons. The Morgan fingerprint density at radius 2 is 1.73 bits per heavy atom. The van der Waals surface area contributed by atoms with Gasteiger partial charge in [-0.2, -0.15) is 0 Å². The number of aromatic nitrogens is 1. The van der Waals surface area contributed by atoms with E-state index >= 15 is 0 Å². The molecule has 0 saturated heterocycles. The van der Waals surface area contributed by atoms with Crippen LogP contribution in [0.5, 0.6) is 11.5 Å². The zero-order valence-electron chi connectivity index (χ0n) is 15.9. The number of allylic oxidation sites excluding steroid dienone is 1. The summed E-state index contributed by atoms with van der Waals surface area (Å²) in [5.74, 6) is 0.463. The first kappa shape index (κ1) is 20.4. The monoisotopic (exact) mass is 403 g/mol. The number of amides is 1. The van der Waals surface area contributed by atoms with Gasteiger partial charge in [-0.1, -0.05) is 18.2 Å². The summed E-state index contributed by atoms with van der Waals surface area (Å²) in [5.41, 5.74) is 1.32. The summed E-state index contributed by atoms with van der Waals surface area (Å²) in [5, 5.41) is 13.2. The van der Waals surface area contributed by atoms with Gasteiger partial charge in [0.15, 0.2) is 5.78 Å². The summed E-state index contributed by atoms with van der Waals surface area (Å²) < 4.78 is 5.73. The Hall–Kier alpha value is -4.33. The van der Waals surface area contributed by atoms with Crippen molar-refractivity contribution in [1.29, 1.82) is 0 Å². The molecule has 0 saturated carbocycles. The van der Waals surface area contributed by atoms with Crippen molar-refractivity contribution >= 4 is 23.5 Å². The molecule has 1 aromatic heterocycles. The Bertz CT molecular complexity index is 1110. The van der Waals surface area contributed by atoms with Crippen LogP contribution in [0.2, 0.25) is 0 Å². The Morgan fingerprint density at radius 3 is 2.37 bits per heavy atom. The van der Waals surface area contributed by atoms with Crippen LogP contribution in [0.1, 0.15) is 26.4 Å². The lowest BCUT2D eigenvalue weighted by molar-refractivity contribution is -0.384. The maximum atomic E-state index is 12.2. The lowest BCUT2D eigenvalue weighted by Gasteiger charge is -2.07. The molecule has 30 heavy (non-hydrogen) atoms. The predicted octanol–water partition coefficient (Wildman–Crippen LogP) is 4.04. The maximum absolute atomic E-state index is 12.2. The molecule has 0 atom stereocenters. The second-order valence-corrected chi connectivity index (χ2v) is 6.13. The van der Waals surface area contributed by atoms with Crippen LogP contribution in [-0.2, 0) is 0 Å². The molecule has 0 bridgehead atoms. The van der Waals surface area contributed by atoms with Gasteiger partial charge >= 0.3 is 0 Å². The van der Waals surface area contributed by atoms with Gasteiger partial charge in [-0.25, -0.2) is 0 Å². The number of ketones is 1. The van der Waals surface area contributed by atoms with E-state index in [-0.39, 0.29) is 23.1 Å². The number of pyridine rings is 1. The molecule has 1 N–H and O–H groups in total. The third-order valence-corrected chi connectivity index (χ3v) is 4.10. The normalized spacial score (nSPS) is 10.6. The Labute approximate surface area is 172 Å². The van der Waals surface area contributed by atoms with E-state index in [2.05, 4.69) is 10.3 Å². The standard InChI is InChI=1S/C22H17N3O5/c1-23-22(27)20-14-19(12-13-24-20)30-18-9-2-15(3-10-18)4-11-21(26)16-5-7-17(8-6-16)25(28)29/h2-14H,1H3,(H,23,27)/b11-4+. The highest BCUT2D eigenvalue weighted by molar-refractivity contribution is 6.06. The van der Waals surface area contributed by atoms with Gasteiger partial charge in [0.25, 0.3) is 11.6 Å². The minimum absolute atomic E-state index is 0.0669. The highest BCUT2D eigenvalue weighted by Gasteiger charge is 2.08. The van der Waals surface area contributed by atoms with Gasteiger partial charge in [-0.05, 0) is 42.0 Å². The smallest absolute Gasteiger partial charge is 0.269 e. The molecule has 0 aliphatic rings. The Kier molecular flexibility index (Phi) is 6.29. The van der Waals surface area contributed by atoms with Crippen molar-refractivity contribution in [3.63, 3.8) is 0 Å². The van der Waals surface area contributed by atoms with Gasteiger partial charge in [0, 0.05) is 37.0 Å². The van der Waals surface area contributed by atoms with Crippen molar-refractivity contribution in [1.82, 2.24) is 10.3 Å². The third kappa shape index (κ3) is 5.14. The number of nitrogens with zero attached hydrogens (tertiary/aromatic N) is 2. The molecule has 2 aromatic carbocycles. The van der Waals surface area contributed by atoms with E-state index in [0.29, 0.717) is 17.1 Å². The van der Waals surface area contributed by atoms with E-state index < -0.39 is 4.92 Å². The van der Waals surface area contributed by atoms with Crippen molar-refractivity contribution in [2.75, 3.05) is 7.05 Å². The lowest BCUT2D eigenvalue weighted by atomic mass is 10.1. The van der Waals surface area contributed by atoms with E-state index in [1.807, 2.05) is 0 Å². The fourth-order valence-corrected chi connectivity index (χ4v) is 2.53. The second-order valence-electron chi connectivity index (χ2n) is 6.13. The number of hydrogen-bond acceptors (Lipinski definition) is 6. The fourth-order valence-electron chi connectivity index (χ4n) is 2.53. The lowest BCUT2D eigenvalue weighted by Crippen LogP contribution is -2.18. The largest absolute Gasteiger partial charge is 0.457 e. The van der Waals surface area contributed by atoms with Gasteiger partial charge in [0.05, 0.1) is 4.92 Å². The molecule has 0 aliphatic carbocycles. The molecule has 8 nitrogen and oxygen atoms in total. The number of hydrogen-bond donors (Lipinski definition) is 1. The highest BCUT2D eigenvalue weighted by atomic mass is 16.6. The van der Waals surface area contributed by atoms with Crippen LogP contribution in [0, 0.1) is 10.1 Å². The number of benzene rings is 2. The van der Waals surface area contributed by atoms with E-state index in [1.165, 1.54) is 49.7 Å². The zero-order valence-corrected chi connectivity index (χ0v) is 15.9. The number of carbonyl (C=O) groups excluding carboxylic acids is 2. The highest BCUT2D eigenvalue weighted by Crippen LogP contribution is 2.22. The number of nitrogens with one attached hydrogen (secondary N) is 1. The SMILES string of the molecule is CNC(=O)c1cc(Oc2ccc(/C=C/C(=O)c3ccc([N+](=O)[O-])cc3)cc2)ccn1. The number of non-ortho nitro benzene ring substituents is 1. The molecule has 0 fully saturated rings. The van der Waals surface area contributed by atoms with Gasteiger partial charge in [-0.3, -0.25) is 24.7 Å². The summed E-state index contributed by atoms with van der Waals surface area (Å²) in [4.78, 5) is 38.0. The van der Waals surface area contributed by atoms with Gasteiger partial charge < -0.3 is 10.1 Å². The number of ether oxygens (including phenoxy) is 1. The molecular weight excluding hydrogens is 386 g/mol. The number of rotatable bonds is 7. The molecule has 0 unspecified atom stereocenters. The van der Waals surface area contributed by atoms with E-state index in [1.54, 1.807) is 36.4 Å². The summed E-state index contributed by atoms with van der Waals surface area (Å²) in [6, 6.07) is 15.6. The summed E-state index contributed by atoms with van der Waals surface area (Å²) in [6.07, 6.45) is 4.53. The van der Waals surface area contributed by atoms with Crippen LogP contribution in [0.3, 0.4) is 0 Å². The van der Waals surface area contributed by atoms with E-state index in [9.17, 15) is 19.7 Å². The summed E-state index contributed by atoms with van der Waals surface area (Å²) >= 11 is 0. The van der Waals surface area contributed by atoms with Gasteiger partial charge in [-0.15, -0.1) is 0 Å². The van der Waals surface area contributed by atoms with Crippen LogP contribution >= 0.6 is 0 Å². The quantitative estimate of drug-likeness (QED) is 0.276. The van der Waals surface area contributed by atoms with E-state index in [0.717, 1.165) is 5.56 Å². The maximum Gasteiger partial charge on any atom is 0.269 e. The van der Waals surface area contributed by atoms with Crippen LogP contribution in [-0.4, -0.2) is 28.6 Å². The van der Waals surface area contributed by atoms with Crippen molar-refractivity contribution in [2.45, 2.75) is 0 Å². The topological polar surface area (TPSA) is 111 Å². The predicted molar refractivity (Wildman–Crippen MR) is 111 cm³/mol. The average Bonchev–Trinajstić information content (AvgIpc) is 2.78. The number of carbonyl (C=O) groups is 2.